The number of hydrogen-bond donors (Lipinski definition) is 1. The maximum Gasteiger partial charge on any atom is 0.225 e. The monoisotopic (exact) mass is 226 g/mol. The fraction of sp³-hybridized carbons (Fsp3) is 0.923. The summed E-state index contributed by atoms with van der Waals surface area (Å²) < 4.78 is 0. The summed E-state index contributed by atoms with van der Waals surface area (Å²) in [6, 6.07) is 0.511. The van der Waals surface area contributed by atoms with Gasteiger partial charge in [-0.05, 0) is 32.2 Å². The third-order valence-corrected chi connectivity index (χ3v) is 3.56. The van der Waals surface area contributed by atoms with E-state index in [4.69, 9.17) is 0 Å². The van der Waals surface area contributed by atoms with Gasteiger partial charge in [-0.15, -0.1) is 0 Å². The highest BCUT2D eigenvalue weighted by Gasteiger charge is 2.26. The third kappa shape index (κ3) is 3.48. The van der Waals surface area contributed by atoms with Gasteiger partial charge in [0.1, 0.15) is 0 Å². The molecule has 16 heavy (non-hydrogen) atoms. The van der Waals surface area contributed by atoms with Gasteiger partial charge in [0, 0.05) is 25.0 Å². The minimum atomic E-state index is 0.236. The highest BCUT2D eigenvalue weighted by molar-refractivity contribution is 5.78. The van der Waals surface area contributed by atoms with Crippen LogP contribution in [0.4, 0.5) is 0 Å². The number of likely N-dealkylation sites (tertiary alicyclic amines) is 1. The number of amides is 1. The van der Waals surface area contributed by atoms with Crippen LogP contribution in [0.15, 0.2) is 0 Å². The van der Waals surface area contributed by atoms with Crippen LogP contribution < -0.4 is 5.32 Å². The summed E-state index contributed by atoms with van der Waals surface area (Å²) in [5, 5.41) is 3.45. The van der Waals surface area contributed by atoms with Crippen molar-refractivity contribution in [3.05, 3.63) is 0 Å². The standard InChI is InChI=1S/C13H26N2O/c1-4-11(5-2)13(16)15-9-7-8-12(10-15)14-6-3/h11-12,14H,4-10H2,1-3H3. The van der Waals surface area contributed by atoms with Gasteiger partial charge < -0.3 is 10.2 Å². The van der Waals surface area contributed by atoms with E-state index in [1.54, 1.807) is 0 Å². The topological polar surface area (TPSA) is 32.3 Å². The van der Waals surface area contributed by atoms with Gasteiger partial charge in [-0.25, -0.2) is 0 Å². The van der Waals surface area contributed by atoms with Crippen LogP contribution in [0.25, 0.3) is 0 Å². The maximum absolute atomic E-state index is 12.2. The Morgan fingerprint density at radius 3 is 2.62 bits per heavy atom. The molecule has 1 aliphatic heterocycles. The van der Waals surface area contributed by atoms with E-state index in [2.05, 4.69) is 31.0 Å². The first-order chi connectivity index (χ1) is 7.72. The van der Waals surface area contributed by atoms with E-state index in [0.29, 0.717) is 11.9 Å². The fourth-order valence-electron chi connectivity index (χ4n) is 2.53. The molecule has 0 saturated carbocycles. The van der Waals surface area contributed by atoms with Gasteiger partial charge in [0.25, 0.3) is 0 Å². The summed E-state index contributed by atoms with van der Waals surface area (Å²) in [5.74, 6) is 0.605. The van der Waals surface area contributed by atoms with Gasteiger partial charge in [0.15, 0.2) is 0 Å². The van der Waals surface area contributed by atoms with Gasteiger partial charge in [-0.1, -0.05) is 20.8 Å². The molecule has 1 saturated heterocycles. The number of likely N-dealkylation sites (N-methyl/N-ethyl adjacent to an activating group) is 1. The second kappa shape index (κ2) is 6.89. The Morgan fingerprint density at radius 1 is 1.38 bits per heavy atom. The number of nitrogens with one attached hydrogen (secondary N) is 1. The molecule has 1 N–H and O–H groups in total. The zero-order valence-electron chi connectivity index (χ0n) is 11.0. The van der Waals surface area contributed by atoms with E-state index in [9.17, 15) is 4.79 Å². The van der Waals surface area contributed by atoms with Crippen LogP contribution in [-0.2, 0) is 4.79 Å². The Balaban J connectivity index is 2.49. The Hall–Kier alpha value is -0.570. The molecule has 1 amide bonds. The molecule has 0 spiro atoms. The number of carbonyl (C=O) groups is 1. The predicted molar refractivity (Wildman–Crippen MR) is 67.4 cm³/mol. The van der Waals surface area contributed by atoms with Gasteiger partial charge in [0.2, 0.25) is 5.91 Å². The van der Waals surface area contributed by atoms with Crippen molar-refractivity contribution in [1.29, 1.82) is 0 Å². The Kier molecular flexibility index (Phi) is 5.81. The molecule has 3 nitrogen and oxygen atoms in total. The predicted octanol–water partition coefficient (Wildman–Crippen LogP) is 2.02. The molecule has 94 valence electrons. The second-order valence-electron chi connectivity index (χ2n) is 4.69. The normalized spacial score (nSPS) is 21.5. The Morgan fingerprint density at radius 2 is 2.06 bits per heavy atom. The maximum atomic E-state index is 12.2. The molecule has 0 aromatic carbocycles. The second-order valence-corrected chi connectivity index (χ2v) is 4.69. The first kappa shape index (κ1) is 13.5. The van der Waals surface area contributed by atoms with Crippen molar-refractivity contribution in [2.75, 3.05) is 19.6 Å². The van der Waals surface area contributed by atoms with Crippen molar-refractivity contribution in [3.63, 3.8) is 0 Å². The average molecular weight is 226 g/mol. The number of carbonyl (C=O) groups excluding carboxylic acids is 1. The van der Waals surface area contributed by atoms with Gasteiger partial charge in [-0.3, -0.25) is 4.79 Å². The zero-order chi connectivity index (χ0) is 12.0. The molecule has 3 heteroatoms. The summed E-state index contributed by atoms with van der Waals surface area (Å²) in [6.45, 7) is 9.20. The van der Waals surface area contributed by atoms with Crippen molar-refractivity contribution in [2.45, 2.75) is 52.5 Å². The van der Waals surface area contributed by atoms with Crippen molar-refractivity contribution in [1.82, 2.24) is 10.2 Å². The summed E-state index contributed by atoms with van der Waals surface area (Å²) in [4.78, 5) is 14.3. The smallest absolute Gasteiger partial charge is 0.225 e. The minimum Gasteiger partial charge on any atom is -0.341 e. The lowest BCUT2D eigenvalue weighted by Crippen LogP contribution is -2.49. The SMILES string of the molecule is CCNC1CCCN(C(=O)C(CC)CC)C1. The van der Waals surface area contributed by atoms with Gasteiger partial charge in [-0.2, -0.15) is 0 Å². The molecule has 1 unspecified atom stereocenters. The number of rotatable bonds is 5. The van der Waals surface area contributed by atoms with E-state index in [1.165, 1.54) is 6.42 Å². The lowest BCUT2D eigenvalue weighted by Gasteiger charge is -2.35. The molecule has 1 atom stereocenters. The van der Waals surface area contributed by atoms with Crippen LogP contribution in [0.5, 0.6) is 0 Å². The van der Waals surface area contributed by atoms with Crippen molar-refractivity contribution < 1.29 is 4.79 Å². The molecule has 0 aliphatic carbocycles. The van der Waals surface area contributed by atoms with Gasteiger partial charge >= 0.3 is 0 Å². The quantitative estimate of drug-likeness (QED) is 0.778. The largest absolute Gasteiger partial charge is 0.341 e. The van der Waals surface area contributed by atoms with E-state index >= 15 is 0 Å². The van der Waals surface area contributed by atoms with E-state index in [0.717, 1.165) is 38.9 Å². The summed E-state index contributed by atoms with van der Waals surface area (Å²) in [6.07, 6.45) is 4.29. The Labute approximate surface area is 99.6 Å². The first-order valence-electron chi connectivity index (χ1n) is 6.75. The molecule has 1 fully saturated rings. The first-order valence-corrected chi connectivity index (χ1v) is 6.75. The van der Waals surface area contributed by atoms with Gasteiger partial charge in [0.05, 0.1) is 0 Å². The molecule has 0 aromatic rings. The van der Waals surface area contributed by atoms with Crippen molar-refractivity contribution in [3.8, 4) is 0 Å². The fourth-order valence-corrected chi connectivity index (χ4v) is 2.53. The molecule has 0 radical (unpaired) electrons. The zero-order valence-corrected chi connectivity index (χ0v) is 11.0. The van der Waals surface area contributed by atoms with Crippen LogP contribution in [0.3, 0.4) is 0 Å². The minimum absolute atomic E-state index is 0.236. The lowest BCUT2D eigenvalue weighted by molar-refractivity contribution is -0.137. The van der Waals surface area contributed by atoms with Crippen molar-refractivity contribution in [2.24, 2.45) is 5.92 Å². The van der Waals surface area contributed by atoms with Crippen LogP contribution in [0.2, 0.25) is 0 Å². The lowest BCUT2D eigenvalue weighted by atomic mass is 9.98. The van der Waals surface area contributed by atoms with Crippen LogP contribution >= 0.6 is 0 Å². The summed E-state index contributed by atoms with van der Waals surface area (Å²) in [5.41, 5.74) is 0. The van der Waals surface area contributed by atoms with E-state index in [-0.39, 0.29) is 5.92 Å². The molecule has 1 rings (SSSR count). The third-order valence-electron chi connectivity index (χ3n) is 3.56. The Bertz CT molecular complexity index is 212. The van der Waals surface area contributed by atoms with Crippen LogP contribution in [0, 0.1) is 5.92 Å². The van der Waals surface area contributed by atoms with Crippen LogP contribution in [-0.4, -0.2) is 36.5 Å². The highest BCUT2D eigenvalue weighted by Crippen LogP contribution is 2.17. The highest BCUT2D eigenvalue weighted by atomic mass is 16.2. The summed E-state index contributed by atoms with van der Waals surface area (Å²) >= 11 is 0. The number of hydrogen-bond acceptors (Lipinski definition) is 2. The average Bonchev–Trinajstić information content (AvgIpc) is 2.31. The molecular formula is C13H26N2O. The molecular weight excluding hydrogens is 200 g/mol. The molecule has 0 aromatic heterocycles. The summed E-state index contributed by atoms with van der Waals surface area (Å²) in [7, 11) is 0. The van der Waals surface area contributed by atoms with E-state index in [1.807, 2.05) is 0 Å². The van der Waals surface area contributed by atoms with E-state index < -0.39 is 0 Å². The number of nitrogens with zero attached hydrogens (tertiary/aromatic N) is 1. The number of piperidine rings is 1. The van der Waals surface area contributed by atoms with Crippen molar-refractivity contribution >= 4 is 5.91 Å². The molecule has 1 aliphatic rings. The molecule has 1 heterocycles. The molecule has 0 bridgehead atoms. The van der Waals surface area contributed by atoms with Crippen LogP contribution in [0.1, 0.15) is 46.5 Å².